The van der Waals surface area contributed by atoms with E-state index in [0.717, 1.165) is 19.6 Å². The van der Waals surface area contributed by atoms with E-state index < -0.39 is 0 Å². The van der Waals surface area contributed by atoms with Crippen LogP contribution in [-0.2, 0) is 0 Å². The zero-order valence-corrected chi connectivity index (χ0v) is 13.0. The Kier molecular flexibility index (Phi) is 3.56. The highest BCUT2D eigenvalue weighted by Gasteiger charge is 2.13. The number of hydrazine groups is 1. The molecule has 0 aliphatic rings. The van der Waals surface area contributed by atoms with Gasteiger partial charge in [-0.2, -0.15) is 4.98 Å². The largest absolute Gasteiger partial charge is 0.437 e. The van der Waals surface area contributed by atoms with Crippen LogP contribution in [0.25, 0.3) is 10.2 Å². The molecular formula is C13H11BrN4OS. The number of anilines is 1. The third-order valence-corrected chi connectivity index (χ3v) is 4.25. The molecule has 0 atom stereocenters. The van der Waals surface area contributed by atoms with Crippen molar-refractivity contribution in [3.63, 3.8) is 0 Å². The van der Waals surface area contributed by atoms with Crippen molar-refractivity contribution in [1.82, 2.24) is 9.97 Å². The summed E-state index contributed by atoms with van der Waals surface area (Å²) in [6.07, 6.45) is 0. The minimum Gasteiger partial charge on any atom is -0.437 e. The number of nitrogens with zero attached hydrogens (tertiary/aromatic N) is 2. The fourth-order valence-electron chi connectivity index (χ4n) is 1.79. The smallest absolute Gasteiger partial charge is 0.241 e. The van der Waals surface area contributed by atoms with Gasteiger partial charge in [-0.3, -0.25) is 5.43 Å². The molecule has 102 valence electrons. The van der Waals surface area contributed by atoms with Gasteiger partial charge < -0.3 is 4.74 Å². The number of halogens is 1. The molecule has 2 heterocycles. The number of nitrogens with one attached hydrogen (secondary N) is 1. The second-order valence-corrected chi connectivity index (χ2v) is 6.19. The first-order valence-electron chi connectivity index (χ1n) is 5.84. The van der Waals surface area contributed by atoms with Crippen molar-refractivity contribution < 1.29 is 4.74 Å². The summed E-state index contributed by atoms with van der Waals surface area (Å²) >= 11 is 5.02. The molecule has 0 amide bonds. The molecule has 0 bridgehead atoms. The van der Waals surface area contributed by atoms with E-state index in [9.17, 15) is 0 Å². The molecule has 7 heteroatoms. The number of nitrogens with two attached hydrogens (primary N) is 1. The molecule has 0 saturated carbocycles. The number of thiophene rings is 1. The second kappa shape index (κ2) is 5.35. The standard InChI is InChI=1S/C13H11BrN4OS/c1-7-6-8-11(16-13(18-15)17-12(8)20-7)19-10-5-3-2-4-9(10)14/h2-6H,15H2,1H3,(H,16,17,18). The van der Waals surface area contributed by atoms with Gasteiger partial charge in [-0.05, 0) is 41.1 Å². The van der Waals surface area contributed by atoms with Gasteiger partial charge in [0.05, 0.1) is 9.86 Å². The van der Waals surface area contributed by atoms with Crippen molar-refractivity contribution in [2.24, 2.45) is 5.84 Å². The fraction of sp³-hybridized carbons (Fsp3) is 0.0769. The van der Waals surface area contributed by atoms with Gasteiger partial charge in [0.2, 0.25) is 11.8 Å². The van der Waals surface area contributed by atoms with E-state index in [1.807, 2.05) is 37.3 Å². The lowest BCUT2D eigenvalue weighted by Crippen LogP contribution is -2.10. The highest BCUT2D eigenvalue weighted by atomic mass is 79.9. The SMILES string of the molecule is Cc1cc2c(Oc3ccccc3Br)nc(NN)nc2s1. The summed E-state index contributed by atoms with van der Waals surface area (Å²) < 4.78 is 6.75. The number of aryl methyl sites for hydroxylation is 1. The van der Waals surface area contributed by atoms with Crippen LogP contribution in [0.3, 0.4) is 0 Å². The van der Waals surface area contributed by atoms with Crippen LogP contribution in [0.1, 0.15) is 4.88 Å². The maximum absolute atomic E-state index is 5.89. The summed E-state index contributed by atoms with van der Waals surface area (Å²) in [6.45, 7) is 2.02. The van der Waals surface area contributed by atoms with Crippen LogP contribution < -0.4 is 16.0 Å². The highest BCUT2D eigenvalue weighted by molar-refractivity contribution is 9.10. The Bertz CT molecular complexity index is 774. The lowest BCUT2D eigenvalue weighted by Gasteiger charge is -2.08. The number of hydrogen-bond donors (Lipinski definition) is 2. The van der Waals surface area contributed by atoms with Gasteiger partial charge in [-0.1, -0.05) is 12.1 Å². The third-order valence-electron chi connectivity index (χ3n) is 2.65. The minimum atomic E-state index is 0.335. The number of hydrogen-bond acceptors (Lipinski definition) is 6. The quantitative estimate of drug-likeness (QED) is 0.554. The van der Waals surface area contributed by atoms with E-state index >= 15 is 0 Å². The third kappa shape index (κ3) is 2.47. The number of benzene rings is 1. The van der Waals surface area contributed by atoms with Gasteiger partial charge >= 0.3 is 0 Å². The van der Waals surface area contributed by atoms with Crippen LogP contribution in [0.15, 0.2) is 34.8 Å². The first-order chi connectivity index (χ1) is 9.67. The Morgan fingerprint density at radius 1 is 1.30 bits per heavy atom. The lowest BCUT2D eigenvalue weighted by atomic mass is 10.3. The van der Waals surface area contributed by atoms with Crippen LogP contribution in [-0.4, -0.2) is 9.97 Å². The summed E-state index contributed by atoms with van der Waals surface area (Å²) in [5.41, 5.74) is 2.46. The maximum Gasteiger partial charge on any atom is 0.241 e. The molecule has 0 aliphatic carbocycles. The zero-order valence-electron chi connectivity index (χ0n) is 10.6. The van der Waals surface area contributed by atoms with Crippen LogP contribution in [0.2, 0.25) is 0 Å². The number of fused-ring (bicyclic) bond motifs is 1. The van der Waals surface area contributed by atoms with Gasteiger partial charge in [0.15, 0.2) is 0 Å². The average Bonchev–Trinajstić information content (AvgIpc) is 2.81. The lowest BCUT2D eigenvalue weighted by molar-refractivity contribution is 0.466. The summed E-state index contributed by atoms with van der Waals surface area (Å²) in [6, 6.07) is 9.61. The van der Waals surface area contributed by atoms with Crippen LogP contribution in [0.5, 0.6) is 11.6 Å². The fourth-order valence-corrected chi connectivity index (χ4v) is 3.03. The molecule has 0 radical (unpaired) electrons. The predicted octanol–water partition coefficient (Wildman–Crippen LogP) is 3.84. The molecule has 0 spiro atoms. The Hall–Kier alpha value is -1.70. The summed E-state index contributed by atoms with van der Waals surface area (Å²) in [4.78, 5) is 10.6. The van der Waals surface area contributed by atoms with Crippen molar-refractivity contribution in [2.45, 2.75) is 6.92 Å². The van der Waals surface area contributed by atoms with Gasteiger partial charge in [0.1, 0.15) is 10.6 Å². The van der Waals surface area contributed by atoms with Gasteiger partial charge in [-0.15, -0.1) is 11.3 Å². The van der Waals surface area contributed by atoms with Crippen LogP contribution in [0.4, 0.5) is 5.95 Å². The molecule has 20 heavy (non-hydrogen) atoms. The second-order valence-electron chi connectivity index (χ2n) is 4.11. The average molecular weight is 351 g/mol. The summed E-state index contributed by atoms with van der Waals surface area (Å²) in [7, 11) is 0. The first-order valence-corrected chi connectivity index (χ1v) is 7.45. The van der Waals surface area contributed by atoms with Gasteiger partial charge in [0, 0.05) is 4.88 Å². The van der Waals surface area contributed by atoms with Gasteiger partial charge in [0.25, 0.3) is 0 Å². The van der Waals surface area contributed by atoms with E-state index in [0.29, 0.717) is 17.6 Å². The van der Waals surface area contributed by atoms with Crippen molar-refractivity contribution in [2.75, 3.05) is 5.43 Å². The molecule has 5 nitrogen and oxygen atoms in total. The van der Waals surface area contributed by atoms with E-state index in [-0.39, 0.29) is 0 Å². The molecule has 0 fully saturated rings. The Labute approximate surface area is 127 Å². The first kappa shape index (κ1) is 13.3. The topological polar surface area (TPSA) is 73.1 Å². The van der Waals surface area contributed by atoms with Crippen molar-refractivity contribution in [3.05, 3.63) is 39.7 Å². The van der Waals surface area contributed by atoms with E-state index in [4.69, 9.17) is 10.6 Å². The number of para-hydroxylation sites is 1. The number of rotatable bonds is 3. The molecule has 1 aromatic carbocycles. The summed E-state index contributed by atoms with van der Waals surface area (Å²) in [5, 5.41) is 0.877. The Balaban J connectivity index is 2.12. The summed E-state index contributed by atoms with van der Waals surface area (Å²) in [5.74, 6) is 6.92. The van der Waals surface area contributed by atoms with E-state index in [2.05, 4.69) is 31.3 Å². The molecule has 0 unspecified atom stereocenters. The molecule has 0 saturated heterocycles. The normalized spacial score (nSPS) is 10.8. The zero-order chi connectivity index (χ0) is 14.1. The molecule has 3 aromatic rings. The van der Waals surface area contributed by atoms with Crippen LogP contribution in [0, 0.1) is 6.92 Å². The minimum absolute atomic E-state index is 0.335. The van der Waals surface area contributed by atoms with Crippen molar-refractivity contribution in [1.29, 1.82) is 0 Å². The van der Waals surface area contributed by atoms with E-state index in [1.54, 1.807) is 11.3 Å². The molecule has 0 aliphatic heterocycles. The molecular weight excluding hydrogens is 340 g/mol. The van der Waals surface area contributed by atoms with E-state index in [1.165, 1.54) is 0 Å². The number of aromatic nitrogens is 2. The molecule has 3 rings (SSSR count). The predicted molar refractivity (Wildman–Crippen MR) is 84.2 cm³/mol. The molecule has 2 aromatic heterocycles. The maximum atomic E-state index is 5.89. The molecule has 3 N–H and O–H groups in total. The van der Waals surface area contributed by atoms with Crippen molar-refractivity contribution in [3.8, 4) is 11.6 Å². The van der Waals surface area contributed by atoms with Gasteiger partial charge in [-0.25, -0.2) is 10.8 Å². The highest BCUT2D eigenvalue weighted by Crippen LogP contribution is 2.35. The number of ether oxygens (including phenoxy) is 1. The van der Waals surface area contributed by atoms with Crippen molar-refractivity contribution >= 4 is 43.4 Å². The Morgan fingerprint density at radius 2 is 2.10 bits per heavy atom. The monoisotopic (exact) mass is 350 g/mol. The Morgan fingerprint density at radius 3 is 2.85 bits per heavy atom. The van der Waals surface area contributed by atoms with Crippen LogP contribution >= 0.6 is 27.3 Å². The number of nitrogen functional groups attached to an aromatic ring is 1.